The van der Waals surface area contributed by atoms with Gasteiger partial charge in [0, 0.05) is 21.7 Å². The molecule has 0 aliphatic rings. The summed E-state index contributed by atoms with van der Waals surface area (Å²) in [5.41, 5.74) is 3.40. The Labute approximate surface area is 137 Å². The van der Waals surface area contributed by atoms with Crippen molar-refractivity contribution in [3.8, 4) is 11.3 Å². The average molecular weight is 335 g/mol. The third-order valence-corrected chi connectivity index (χ3v) is 4.61. The van der Waals surface area contributed by atoms with Gasteiger partial charge in [-0.1, -0.05) is 37.6 Å². The number of aliphatic carboxylic acids is 1. The van der Waals surface area contributed by atoms with E-state index in [9.17, 15) is 9.90 Å². The van der Waals surface area contributed by atoms with E-state index in [1.807, 2.05) is 21.9 Å². The lowest BCUT2D eigenvalue weighted by molar-refractivity contribution is -0.136. The second-order valence-electron chi connectivity index (χ2n) is 5.42. The second kappa shape index (κ2) is 5.74. The number of rotatable bonds is 4. The summed E-state index contributed by atoms with van der Waals surface area (Å²) in [6, 6.07) is 7.32. The Morgan fingerprint density at radius 2 is 2.05 bits per heavy atom. The lowest BCUT2D eigenvalue weighted by atomic mass is 10.1. The molecule has 2 aromatic heterocycles. The molecular weight excluding hydrogens is 320 g/mol. The molecule has 0 bridgehead atoms. The van der Waals surface area contributed by atoms with E-state index in [1.54, 1.807) is 12.1 Å². The van der Waals surface area contributed by atoms with Gasteiger partial charge in [0.15, 0.2) is 4.96 Å². The molecule has 0 saturated heterocycles. The highest BCUT2D eigenvalue weighted by molar-refractivity contribution is 7.15. The quantitative estimate of drug-likeness (QED) is 0.766. The molecule has 6 heteroatoms. The minimum atomic E-state index is -0.863. The number of carboxylic acid groups (broad SMARTS) is 1. The Kier molecular flexibility index (Phi) is 3.93. The Morgan fingerprint density at radius 1 is 1.36 bits per heavy atom. The van der Waals surface area contributed by atoms with Gasteiger partial charge in [0.05, 0.1) is 17.8 Å². The molecule has 4 nitrogen and oxygen atoms in total. The van der Waals surface area contributed by atoms with Gasteiger partial charge >= 0.3 is 5.97 Å². The predicted octanol–water partition coefficient (Wildman–Crippen LogP) is 4.47. The number of benzene rings is 1. The molecule has 3 aromatic rings. The minimum Gasteiger partial charge on any atom is -0.481 e. The summed E-state index contributed by atoms with van der Waals surface area (Å²) >= 11 is 7.46. The van der Waals surface area contributed by atoms with Crippen molar-refractivity contribution in [1.29, 1.82) is 0 Å². The number of fused-ring (bicyclic) bond motifs is 1. The van der Waals surface area contributed by atoms with E-state index in [0.717, 1.165) is 21.9 Å². The van der Waals surface area contributed by atoms with Crippen LogP contribution in [0.3, 0.4) is 0 Å². The number of nitrogens with zero attached hydrogens (tertiary/aromatic N) is 2. The van der Waals surface area contributed by atoms with E-state index in [2.05, 4.69) is 18.8 Å². The molecular formula is C16H15ClN2O2S. The second-order valence-corrected chi connectivity index (χ2v) is 6.69. The van der Waals surface area contributed by atoms with Crippen LogP contribution in [-0.2, 0) is 11.2 Å². The minimum absolute atomic E-state index is 0.0599. The average Bonchev–Trinajstić information content (AvgIpc) is 3.00. The number of carboxylic acids is 1. The third kappa shape index (κ3) is 2.62. The normalized spacial score (nSPS) is 11.5. The van der Waals surface area contributed by atoms with Crippen LogP contribution in [0.2, 0.25) is 5.02 Å². The molecule has 0 unspecified atom stereocenters. The summed E-state index contributed by atoms with van der Waals surface area (Å²) in [6.45, 7) is 4.18. The highest BCUT2D eigenvalue weighted by atomic mass is 35.5. The highest BCUT2D eigenvalue weighted by Crippen LogP contribution is 2.32. The number of thiazole rings is 1. The van der Waals surface area contributed by atoms with Crippen LogP contribution >= 0.6 is 22.9 Å². The van der Waals surface area contributed by atoms with Crippen LogP contribution in [-0.4, -0.2) is 20.5 Å². The largest absolute Gasteiger partial charge is 0.481 e. The Balaban J connectivity index is 2.25. The Morgan fingerprint density at radius 3 is 2.64 bits per heavy atom. The van der Waals surface area contributed by atoms with Gasteiger partial charge in [-0.3, -0.25) is 9.20 Å². The number of imidazole rings is 1. The van der Waals surface area contributed by atoms with E-state index in [-0.39, 0.29) is 6.42 Å². The third-order valence-electron chi connectivity index (χ3n) is 3.51. The van der Waals surface area contributed by atoms with E-state index in [0.29, 0.717) is 16.6 Å². The number of hydrogen-bond acceptors (Lipinski definition) is 3. The molecule has 0 amide bonds. The standard InChI is InChI=1S/C16H15ClN2O2S/c1-9(2)13-8-22-16-18-15(10-3-5-11(17)6-4-10)12(19(13)16)7-14(20)21/h3-6,8-9H,7H2,1-2H3,(H,20,21). The van der Waals surface area contributed by atoms with Crippen LogP contribution in [0.4, 0.5) is 0 Å². The lowest BCUT2D eigenvalue weighted by Gasteiger charge is -2.07. The predicted molar refractivity (Wildman–Crippen MR) is 88.9 cm³/mol. The van der Waals surface area contributed by atoms with Crippen molar-refractivity contribution >= 4 is 33.9 Å². The van der Waals surface area contributed by atoms with Crippen molar-refractivity contribution in [2.24, 2.45) is 0 Å². The highest BCUT2D eigenvalue weighted by Gasteiger charge is 2.21. The van der Waals surface area contributed by atoms with Crippen molar-refractivity contribution in [3.63, 3.8) is 0 Å². The first-order chi connectivity index (χ1) is 10.5. The van der Waals surface area contributed by atoms with Gasteiger partial charge in [0.1, 0.15) is 0 Å². The fourth-order valence-corrected chi connectivity index (χ4v) is 3.68. The zero-order valence-electron chi connectivity index (χ0n) is 12.2. The SMILES string of the molecule is CC(C)c1csc2nc(-c3ccc(Cl)cc3)c(CC(=O)O)n12. The summed E-state index contributed by atoms with van der Waals surface area (Å²) in [7, 11) is 0. The smallest absolute Gasteiger partial charge is 0.309 e. The van der Waals surface area contributed by atoms with Gasteiger partial charge in [0.25, 0.3) is 0 Å². The van der Waals surface area contributed by atoms with E-state index in [4.69, 9.17) is 11.6 Å². The number of carbonyl (C=O) groups is 1. The zero-order valence-corrected chi connectivity index (χ0v) is 13.8. The molecule has 1 aromatic carbocycles. The molecule has 22 heavy (non-hydrogen) atoms. The molecule has 114 valence electrons. The van der Waals surface area contributed by atoms with Crippen LogP contribution in [0.5, 0.6) is 0 Å². The molecule has 3 rings (SSSR count). The van der Waals surface area contributed by atoms with Crippen molar-refractivity contribution in [2.45, 2.75) is 26.2 Å². The molecule has 0 radical (unpaired) electrons. The van der Waals surface area contributed by atoms with Crippen molar-refractivity contribution in [3.05, 3.63) is 46.1 Å². The van der Waals surface area contributed by atoms with Gasteiger partial charge < -0.3 is 5.11 Å². The van der Waals surface area contributed by atoms with E-state index >= 15 is 0 Å². The summed E-state index contributed by atoms with van der Waals surface area (Å²) in [6.07, 6.45) is -0.0599. The fraction of sp³-hybridized carbons (Fsp3) is 0.250. The maximum Gasteiger partial charge on any atom is 0.309 e. The molecule has 0 atom stereocenters. The van der Waals surface area contributed by atoms with Crippen LogP contribution in [0.25, 0.3) is 16.2 Å². The topological polar surface area (TPSA) is 54.6 Å². The van der Waals surface area contributed by atoms with Gasteiger partial charge in [-0.05, 0) is 18.1 Å². The van der Waals surface area contributed by atoms with Gasteiger partial charge in [-0.25, -0.2) is 4.98 Å². The van der Waals surface area contributed by atoms with Gasteiger partial charge in [-0.15, -0.1) is 11.3 Å². The molecule has 0 aliphatic carbocycles. The van der Waals surface area contributed by atoms with Crippen LogP contribution in [0.1, 0.15) is 31.2 Å². The first kappa shape index (κ1) is 15.1. The summed E-state index contributed by atoms with van der Waals surface area (Å²) in [4.78, 5) is 16.8. The number of halogens is 1. The summed E-state index contributed by atoms with van der Waals surface area (Å²) < 4.78 is 1.98. The summed E-state index contributed by atoms with van der Waals surface area (Å²) in [5, 5.41) is 12.0. The number of aromatic nitrogens is 2. The van der Waals surface area contributed by atoms with Crippen molar-refractivity contribution in [1.82, 2.24) is 9.38 Å². The van der Waals surface area contributed by atoms with E-state index < -0.39 is 5.97 Å². The molecule has 0 fully saturated rings. The molecule has 0 spiro atoms. The molecule has 0 aliphatic heterocycles. The Bertz CT molecular complexity index is 834. The van der Waals surface area contributed by atoms with E-state index in [1.165, 1.54) is 11.3 Å². The number of hydrogen-bond donors (Lipinski definition) is 1. The summed E-state index contributed by atoms with van der Waals surface area (Å²) in [5.74, 6) is -0.563. The van der Waals surface area contributed by atoms with Gasteiger partial charge in [0.2, 0.25) is 0 Å². The van der Waals surface area contributed by atoms with Crippen molar-refractivity contribution in [2.75, 3.05) is 0 Å². The van der Waals surface area contributed by atoms with Crippen LogP contribution < -0.4 is 0 Å². The van der Waals surface area contributed by atoms with Crippen LogP contribution in [0, 0.1) is 0 Å². The first-order valence-electron chi connectivity index (χ1n) is 6.94. The molecule has 2 heterocycles. The molecule has 0 saturated carbocycles. The monoisotopic (exact) mass is 334 g/mol. The Hall–Kier alpha value is -1.85. The first-order valence-corrected chi connectivity index (χ1v) is 8.19. The van der Waals surface area contributed by atoms with Gasteiger partial charge in [-0.2, -0.15) is 0 Å². The maximum absolute atomic E-state index is 11.3. The maximum atomic E-state index is 11.3. The fourth-order valence-electron chi connectivity index (χ4n) is 2.48. The molecule has 1 N–H and O–H groups in total. The van der Waals surface area contributed by atoms with Crippen LogP contribution in [0.15, 0.2) is 29.6 Å². The van der Waals surface area contributed by atoms with Crippen molar-refractivity contribution < 1.29 is 9.90 Å². The lowest BCUT2D eigenvalue weighted by Crippen LogP contribution is -2.06. The zero-order chi connectivity index (χ0) is 15.9.